The van der Waals surface area contributed by atoms with E-state index in [1.54, 1.807) is 23.8 Å². The van der Waals surface area contributed by atoms with Gasteiger partial charge in [-0.2, -0.15) is 0 Å². The van der Waals surface area contributed by atoms with Crippen LogP contribution in [-0.4, -0.2) is 49.3 Å². The van der Waals surface area contributed by atoms with E-state index in [-0.39, 0.29) is 16.5 Å². The molecule has 1 N–H and O–H groups in total. The zero-order chi connectivity index (χ0) is 15.5. The van der Waals surface area contributed by atoms with E-state index in [4.69, 9.17) is 4.74 Å². The Morgan fingerprint density at radius 2 is 1.95 bits per heavy atom. The monoisotopic (exact) mass is 321 g/mol. The first-order valence-electron chi connectivity index (χ1n) is 8.12. The summed E-state index contributed by atoms with van der Waals surface area (Å²) in [4.78, 5) is 16.2. The van der Waals surface area contributed by atoms with Crippen molar-refractivity contribution in [1.29, 1.82) is 0 Å². The second-order valence-electron chi connectivity index (χ2n) is 6.14. The average molecular weight is 321 g/mol. The highest BCUT2D eigenvalue weighted by molar-refractivity contribution is 8.01. The molecule has 1 amide bonds. The molecule has 2 atom stereocenters. The topological polar surface area (TPSA) is 34.0 Å². The molecule has 0 aliphatic carbocycles. The van der Waals surface area contributed by atoms with E-state index in [1.165, 1.54) is 31.5 Å². The zero-order valence-corrected chi connectivity index (χ0v) is 14.2. The van der Waals surface area contributed by atoms with Crippen molar-refractivity contribution < 1.29 is 14.4 Å². The van der Waals surface area contributed by atoms with Crippen molar-refractivity contribution >= 4 is 17.7 Å². The van der Waals surface area contributed by atoms with Crippen molar-refractivity contribution in [3.05, 3.63) is 29.8 Å². The number of amides is 1. The van der Waals surface area contributed by atoms with Crippen molar-refractivity contribution in [2.75, 3.05) is 33.3 Å². The van der Waals surface area contributed by atoms with Crippen LogP contribution in [0.3, 0.4) is 0 Å². The molecule has 4 nitrogen and oxygen atoms in total. The fraction of sp³-hybridized carbons (Fsp3) is 0.588. The number of thioether (sulfide) groups is 1. The van der Waals surface area contributed by atoms with Gasteiger partial charge in [0.2, 0.25) is 5.91 Å². The van der Waals surface area contributed by atoms with Crippen molar-refractivity contribution in [2.24, 2.45) is 0 Å². The number of rotatable bonds is 5. The van der Waals surface area contributed by atoms with E-state index < -0.39 is 0 Å². The Morgan fingerprint density at radius 1 is 1.27 bits per heavy atom. The number of likely N-dealkylation sites (tertiary alicyclic amines) is 1. The lowest BCUT2D eigenvalue weighted by Crippen LogP contribution is -3.10. The van der Waals surface area contributed by atoms with Crippen LogP contribution in [0, 0.1) is 0 Å². The van der Waals surface area contributed by atoms with Crippen LogP contribution in [0.25, 0.3) is 0 Å². The molecule has 120 valence electrons. The lowest BCUT2D eigenvalue weighted by Gasteiger charge is -2.25. The quantitative estimate of drug-likeness (QED) is 0.888. The van der Waals surface area contributed by atoms with Gasteiger partial charge in [0.25, 0.3) is 0 Å². The van der Waals surface area contributed by atoms with Crippen molar-refractivity contribution in [2.45, 2.75) is 30.4 Å². The van der Waals surface area contributed by atoms with Crippen LogP contribution in [0.4, 0.5) is 0 Å². The Hall–Kier alpha value is -1.20. The molecule has 0 aromatic heterocycles. The molecule has 0 bridgehead atoms. The zero-order valence-electron chi connectivity index (χ0n) is 13.4. The predicted molar refractivity (Wildman–Crippen MR) is 89.3 cm³/mol. The molecule has 2 aliphatic heterocycles. The maximum absolute atomic E-state index is 12.5. The number of hydrogen-bond donors (Lipinski definition) is 1. The fourth-order valence-corrected chi connectivity index (χ4v) is 4.64. The molecule has 1 aromatic rings. The minimum absolute atomic E-state index is 0.0562. The molecule has 0 saturated carbocycles. The van der Waals surface area contributed by atoms with Crippen LogP contribution < -0.4 is 9.64 Å². The Bertz CT molecular complexity index is 514. The van der Waals surface area contributed by atoms with Crippen molar-refractivity contribution in [3.8, 4) is 5.75 Å². The third kappa shape index (κ3) is 3.25. The van der Waals surface area contributed by atoms with Gasteiger partial charge >= 0.3 is 0 Å². The first kappa shape index (κ1) is 15.7. The number of carbonyl (C=O) groups excluding carboxylic acids is 1. The van der Waals surface area contributed by atoms with Crippen LogP contribution in [0.1, 0.15) is 30.7 Å². The maximum Gasteiger partial charge on any atom is 0.236 e. The number of methoxy groups -OCH3 is 1. The first-order valence-corrected chi connectivity index (χ1v) is 9.07. The normalized spacial score (nSPS) is 25.9. The predicted octanol–water partition coefficient (Wildman–Crippen LogP) is 1.34. The minimum Gasteiger partial charge on any atom is -0.497 e. The highest BCUT2D eigenvalue weighted by atomic mass is 32.2. The SMILES string of the molecule is COc1ccc([C@@H]2S[C@H](C)C(=O)N2CC[NH+]2CCCC2)cc1. The molecule has 2 heterocycles. The molecule has 22 heavy (non-hydrogen) atoms. The van der Waals surface area contributed by atoms with Crippen LogP contribution in [0.5, 0.6) is 5.75 Å². The summed E-state index contributed by atoms with van der Waals surface area (Å²) in [6.45, 7) is 6.48. The standard InChI is InChI=1S/C17H24N2O2S/c1-13-16(20)19(12-11-18-9-3-4-10-18)17(22-13)14-5-7-15(21-2)8-6-14/h5-8,13,17H,3-4,9-12H2,1-2H3/p+1/t13-,17+/m1/s1. The number of quaternary nitrogens is 1. The number of benzene rings is 1. The third-order valence-corrected chi connectivity index (χ3v) is 6.06. The van der Waals surface area contributed by atoms with Gasteiger partial charge in [0, 0.05) is 12.8 Å². The highest BCUT2D eigenvalue weighted by Gasteiger charge is 2.38. The largest absolute Gasteiger partial charge is 0.497 e. The van der Waals surface area contributed by atoms with Crippen molar-refractivity contribution in [1.82, 2.24) is 4.90 Å². The molecule has 2 fully saturated rings. The van der Waals surface area contributed by atoms with E-state index in [0.717, 1.165) is 18.8 Å². The lowest BCUT2D eigenvalue weighted by atomic mass is 10.2. The van der Waals surface area contributed by atoms with E-state index in [9.17, 15) is 4.79 Å². The fourth-order valence-electron chi connectivity index (χ4n) is 3.33. The molecule has 5 heteroatoms. The van der Waals surface area contributed by atoms with Crippen molar-refractivity contribution in [3.63, 3.8) is 0 Å². The molecular formula is C17H25N2O2S+. The van der Waals surface area contributed by atoms with Gasteiger partial charge in [0.05, 0.1) is 38.5 Å². The lowest BCUT2D eigenvalue weighted by molar-refractivity contribution is -0.886. The van der Waals surface area contributed by atoms with Gasteiger partial charge < -0.3 is 14.5 Å². The number of ether oxygens (including phenoxy) is 1. The number of nitrogens with zero attached hydrogens (tertiary/aromatic N) is 1. The summed E-state index contributed by atoms with van der Waals surface area (Å²) in [5, 5.41) is 0.205. The second kappa shape index (κ2) is 6.92. The average Bonchev–Trinajstić information content (AvgIpc) is 3.15. The van der Waals surface area contributed by atoms with Gasteiger partial charge in [0.15, 0.2) is 0 Å². The van der Waals surface area contributed by atoms with Crippen LogP contribution >= 0.6 is 11.8 Å². The summed E-state index contributed by atoms with van der Waals surface area (Å²) < 4.78 is 5.23. The Kier molecular flexibility index (Phi) is 4.93. The minimum atomic E-state index is 0.0562. The van der Waals surface area contributed by atoms with Crippen LogP contribution in [0.2, 0.25) is 0 Å². The highest BCUT2D eigenvalue weighted by Crippen LogP contribution is 2.42. The molecule has 0 spiro atoms. The van der Waals surface area contributed by atoms with Gasteiger partial charge in [-0.1, -0.05) is 12.1 Å². The first-order chi connectivity index (χ1) is 10.7. The molecule has 0 unspecified atom stereocenters. The van der Waals surface area contributed by atoms with Gasteiger partial charge in [-0.25, -0.2) is 0 Å². The molecule has 0 radical (unpaired) electrons. The van der Waals surface area contributed by atoms with Gasteiger partial charge in [-0.3, -0.25) is 4.79 Å². The summed E-state index contributed by atoms with van der Waals surface area (Å²) >= 11 is 1.76. The molecular weight excluding hydrogens is 296 g/mol. The Balaban J connectivity index is 1.70. The number of hydrogen-bond acceptors (Lipinski definition) is 3. The summed E-state index contributed by atoms with van der Waals surface area (Å²) in [5.41, 5.74) is 1.19. The summed E-state index contributed by atoms with van der Waals surface area (Å²) in [6, 6.07) is 8.12. The van der Waals surface area contributed by atoms with Crippen LogP contribution in [-0.2, 0) is 4.79 Å². The van der Waals surface area contributed by atoms with E-state index in [0.29, 0.717) is 0 Å². The second-order valence-corrected chi connectivity index (χ2v) is 7.57. The third-order valence-electron chi connectivity index (χ3n) is 4.66. The van der Waals surface area contributed by atoms with Gasteiger partial charge in [-0.15, -0.1) is 11.8 Å². The van der Waals surface area contributed by atoms with E-state index in [1.807, 2.05) is 19.1 Å². The summed E-state index contributed by atoms with van der Waals surface area (Å²) in [5.74, 6) is 1.14. The molecule has 2 aliphatic rings. The van der Waals surface area contributed by atoms with Crippen LogP contribution in [0.15, 0.2) is 24.3 Å². The van der Waals surface area contributed by atoms with E-state index in [2.05, 4.69) is 17.0 Å². The maximum atomic E-state index is 12.5. The van der Waals surface area contributed by atoms with Gasteiger partial charge in [-0.05, 0) is 24.6 Å². The Labute approximate surface area is 136 Å². The molecule has 1 aromatic carbocycles. The van der Waals surface area contributed by atoms with Gasteiger partial charge in [0.1, 0.15) is 11.1 Å². The number of nitrogens with one attached hydrogen (secondary N) is 1. The Morgan fingerprint density at radius 3 is 2.59 bits per heavy atom. The number of carbonyl (C=O) groups is 1. The molecule has 2 saturated heterocycles. The van der Waals surface area contributed by atoms with E-state index >= 15 is 0 Å². The summed E-state index contributed by atoms with van der Waals surface area (Å²) in [7, 11) is 1.68. The summed E-state index contributed by atoms with van der Waals surface area (Å²) in [6.07, 6.45) is 2.66. The smallest absolute Gasteiger partial charge is 0.236 e. The molecule has 3 rings (SSSR count).